The molecule has 0 saturated carbocycles. The van der Waals surface area contributed by atoms with Crippen molar-refractivity contribution in [1.82, 2.24) is 10.2 Å². The van der Waals surface area contributed by atoms with Crippen LogP contribution in [0.2, 0.25) is 10.0 Å². The van der Waals surface area contributed by atoms with Crippen LogP contribution in [0.3, 0.4) is 0 Å². The fraction of sp³-hybridized carbons (Fsp3) is 0.312. The molecule has 2 unspecified atom stereocenters. The number of esters is 1. The van der Waals surface area contributed by atoms with Crippen LogP contribution in [0.1, 0.15) is 49.2 Å². The number of amides is 2. The Hall–Kier alpha value is -3.72. The Morgan fingerprint density at radius 2 is 1.64 bits per heavy atom. The van der Waals surface area contributed by atoms with Crippen molar-refractivity contribution in [3.05, 3.63) is 94.0 Å². The molecule has 2 atom stereocenters. The number of rotatable bonds is 12. The predicted octanol–water partition coefficient (Wildman–Crippen LogP) is 7.15. The summed E-state index contributed by atoms with van der Waals surface area (Å²) in [5.74, 6) is -0.0212. The average Bonchev–Trinajstić information content (AvgIpc) is 2.94. The van der Waals surface area contributed by atoms with Crippen molar-refractivity contribution < 1.29 is 23.9 Å². The molecule has 0 aliphatic carbocycles. The van der Waals surface area contributed by atoms with Crippen LogP contribution < -0.4 is 10.1 Å². The Labute approximate surface area is 255 Å². The maximum absolute atomic E-state index is 13.1. The van der Waals surface area contributed by atoms with Crippen molar-refractivity contribution in [3.8, 4) is 11.5 Å². The maximum atomic E-state index is 13.1. The number of nitrogens with zero attached hydrogens (tertiary/aromatic N) is 2. The molecular formula is C32H33Cl2N3O5. The number of carbonyl (C=O) groups excluding carboxylic acids is 3. The molecule has 1 heterocycles. The van der Waals surface area contributed by atoms with Crippen molar-refractivity contribution in [2.45, 2.75) is 39.3 Å². The van der Waals surface area contributed by atoms with Crippen molar-refractivity contribution in [3.63, 3.8) is 0 Å². The molecule has 0 aromatic heterocycles. The lowest BCUT2D eigenvalue weighted by Crippen LogP contribution is -2.48. The van der Waals surface area contributed by atoms with Crippen LogP contribution in [0.5, 0.6) is 11.5 Å². The smallest absolute Gasteiger partial charge is 0.344 e. The van der Waals surface area contributed by atoms with Crippen molar-refractivity contribution in [2.75, 3.05) is 19.6 Å². The van der Waals surface area contributed by atoms with Gasteiger partial charge in [0.15, 0.2) is 5.78 Å². The second-order valence-electron chi connectivity index (χ2n) is 10.2. The topological polar surface area (TPSA) is 97.3 Å². The van der Waals surface area contributed by atoms with E-state index >= 15 is 0 Å². The van der Waals surface area contributed by atoms with E-state index in [0.717, 1.165) is 5.56 Å². The molecule has 1 aliphatic rings. The molecule has 8 nitrogen and oxygen atoms in total. The molecule has 1 N–H and O–H groups in total. The van der Waals surface area contributed by atoms with Gasteiger partial charge in [-0.15, -0.1) is 0 Å². The highest BCUT2D eigenvalue weighted by atomic mass is 35.5. The maximum Gasteiger partial charge on any atom is 0.344 e. The zero-order valence-electron chi connectivity index (χ0n) is 23.7. The zero-order valence-corrected chi connectivity index (χ0v) is 25.2. The van der Waals surface area contributed by atoms with Crippen LogP contribution in [0, 0.1) is 5.92 Å². The highest BCUT2D eigenvalue weighted by Crippen LogP contribution is 2.36. The number of urea groups is 1. The van der Waals surface area contributed by atoms with Crippen LogP contribution in [0.4, 0.5) is 4.79 Å². The Balaban J connectivity index is 1.35. The van der Waals surface area contributed by atoms with E-state index in [2.05, 4.69) is 10.3 Å². The number of halogens is 2. The molecule has 1 aliphatic heterocycles. The number of hydrogen-bond acceptors (Lipinski definition) is 6. The first-order valence-corrected chi connectivity index (χ1v) is 14.5. The monoisotopic (exact) mass is 609 g/mol. The molecule has 0 radical (unpaired) electrons. The van der Waals surface area contributed by atoms with Crippen molar-refractivity contribution >= 4 is 46.7 Å². The summed E-state index contributed by atoms with van der Waals surface area (Å²) in [5.41, 5.74) is 1.68. The minimum Gasteiger partial charge on any atom is -0.462 e. The summed E-state index contributed by atoms with van der Waals surface area (Å²) in [4.78, 5) is 44.6. The van der Waals surface area contributed by atoms with E-state index < -0.39 is 24.0 Å². The molecule has 42 heavy (non-hydrogen) atoms. The summed E-state index contributed by atoms with van der Waals surface area (Å²) in [6.45, 7) is 6.14. The van der Waals surface area contributed by atoms with E-state index in [1.165, 1.54) is 0 Å². The van der Waals surface area contributed by atoms with E-state index in [9.17, 15) is 14.4 Å². The third-order valence-electron chi connectivity index (χ3n) is 6.68. The molecule has 3 aromatic carbocycles. The number of nitrogens with one attached hydrogen (secondary N) is 1. The van der Waals surface area contributed by atoms with Gasteiger partial charge in [-0.2, -0.15) is 0 Å². The predicted molar refractivity (Wildman–Crippen MR) is 164 cm³/mol. The van der Waals surface area contributed by atoms with Crippen LogP contribution >= 0.6 is 23.2 Å². The third-order valence-corrected chi connectivity index (χ3v) is 7.17. The first kappa shape index (κ1) is 31.2. The summed E-state index contributed by atoms with van der Waals surface area (Å²) in [6.07, 6.45) is 0.218. The summed E-state index contributed by atoms with van der Waals surface area (Å²) in [6, 6.07) is 20.0. The van der Waals surface area contributed by atoms with Gasteiger partial charge in [-0.25, -0.2) is 9.79 Å². The second kappa shape index (κ2) is 14.4. The SMILES string of the molecule is CC1=NC(=O)N(CCCNCC(=O)c2ccc(Oc3ccc(Cl)cc3)cc2)C(c2cccc(Cl)c2)C1C(=O)OC(C)C. The zero-order chi connectivity index (χ0) is 30.2. The first-order valence-electron chi connectivity index (χ1n) is 13.7. The van der Waals surface area contributed by atoms with Crippen molar-refractivity contribution in [1.29, 1.82) is 0 Å². The van der Waals surface area contributed by atoms with Crippen LogP contribution in [-0.2, 0) is 9.53 Å². The molecule has 0 spiro atoms. The van der Waals surface area contributed by atoms with Crippen LogP contribution in [-0.4, -0.2) is 54.1 Å². The summed E-state index contributed by atoms with van der Waals surface area (Å²) in [7, 11) is 0. The Kier molecular flexibility index (Phi) is 10.7. The highest BCUT2D eigenvalue weighted by Gasteiger charge is 2.43. The van der Waals surface area contributed by atoms with Gasteiger partial charge in [0, 0.05) is 27.9 Å². The fourth-order valence-corrected chi connectivity index (χ4v) is 5.07. The molecular weight excluding hydrogens is 577 g/mol. The summed E-state index contributed by atoms with van der Waals surface area (Å²) in [5, 5.41) is 4.27. The van der Waals surface area contributed by atoms with Gasteiger partial charge in [0.1, 0.15) is 17.4 Å². The van der Waals surface area contributed by atoms with E-state index in [-0.39, 0.29) is 18.4 Å². The number of Topliss-reactive ketones (excluding diaryl/α,β-unsaturated/α-hetero) is 1. The van der Waals surface area contributed by atoms with Gasteiger partial charge < -0.3 is 19.7 Å². The van der Waals surface area contributed by atoms with Gasteiger partial charge in [0.05, 0.1) is 18.7 Å². The van der Waals surface area contributed by atoms with Gasteiger partial charge in [-0.1, -0.05) is 35.3 Å². The Morgan fingerprint density at radius 3 is 2.29 bits per heavy atom. The first-order chi connectivity index (χ1) is 20.1. The average molecular weight is 611 g/mol. The lowest BCUT2D eigenvalue weighted by Gasteiger charge is -2.39. The van der Waals surface area contributed by atoms with Gasteiger partial charge in [0.2, 0.25) is 0 Å². The molecule has 2 amide bonds. The van der Waals surface area contributed by atoms with E-state index in [1.54, 1.807) is 92.4 Å². The van der Waals surface area contributed by atoms with Crippen LogP contribution in [0.25, 0.3) is 0 Å². The number of ketones is 1. The molecule has 10 heteroatoms. The van der Waals surface area contributed by atoms with Crippen molar-refractivity contribution in [2.24, 2.45) is 10.9 Å². The van der Waals surface area contributed by atoms with Gasteiger partial charge in [-0.3, -0.25) is 9.59 Å². The largest absolute Gasteiger partial charge is 0.462 e. The molecule has 4 rings (SSSR count). The highest BCUT2D eigenvalue weighted by molar-refractivity contribution is 6.30. The van der Waals surface area contributed by atoms with Gasteiger partial charge in [-0.05, 0) is 100.0 Å². The van der Waals surface area contributed by atoms with E-state index in [4.69, 9.17) is 32.7 Å². The standard InChI is InChI=1S/C32H33Cl2N3O5/c1-20(2)41-31(39)29-21(3)36-32(40)37(30(29)23-6-4-7-25(34)18-23)17-5-16-35-19-28(38)22-8-12-26(13-9-22)42-27-14-10-24(33)11-15-27/h4,6-15,18,20,29-30,35H,5,16-17,19H2,1-3H3. The molecule has 0 bridgehead atoms. The van der Waals surface area contributed by atoms with Crippen LogP contribution in [0.15, 0.2) is 77.8 Å². The fourth-order valence-electron chi connectivity index (χ4n) is 4.74. The normalized spacial score (nSPS) is 16.8. The molecule has 3 aromatic rings. The number of aliphatic imine (C=N–C) groups is 1. The lowest BCUT2D eigenvalue weighted by atomic mass is 9.86. The minimum atomic E-state index is -0.759. The Morgan fingerprint density at radius 1 is 0.976 bits per heavy atom. The van der Waals surface area contributed by atoms with E-state index in [0.29, 0.717) is 52.3 Å². The van der Waals surface area contributed by atoms with E-state index in [1.807, 2.05) is 6.07 Å². The second-order valence-corrected chi connectivity index (χ2v) is 11.1. The minimum absolute atomic E-state index is 0.0735. The number of benzene rings is 3. The Bertz CT molecular complexity index is 1440. The summed E-state index contributed by atoms with van der Waals surface area (Å²) >= 11 is 12.2. The van der Waals surface area contributed by atoms with Gasteiger partial charge in [0.25, 0.3) is 0 Å². The summed E-state index contributed by atoms with van der Waals surface area (Å²) < 4.78 is 11.3. The lowest BCUT2D eigenvalue weighted by molar-refractivity contribution is -0.151. The number of carbonyl (C=O) groups is 3. The molecule has 220 valence electrons. The molecule has 0 saturated heterocycles. The number of ether oxygens (including phenoxy) is 2. The number of hydrogen-bond donors (Lipinski definition) is 1. The quantitative estimate of drug-likeness (QED) is 0.133. The molecule has 0 fully saturated rings. The van der Waals surface area contributed by atoms with Gasteiger partial charge >= 0.3 is 12.0 Å². The third kappa shape index (κ3) is 8.18.